The highest BCUT2D eigenvalue weighted by Gasteiger charge is 2.24. The molecule has 0 radical (unpaired) electrons. The molecule has 0 aliphatic heterocycles. The molecule has 258 valence electrons. The molecular formula is C45H33N9. The van der Waals surface area contributed by atoms with Crippen LogP contribution in [0.4, 0.5) is 0 Å². The molecule has 0 N–H and O–H groups in total. The van der Waals surface area contributed by atoms with Crippen LogP contribution in [0, 0.1) is 20.8 Å². The average Bonchev–Trinajstić information content (AvgIpc) is 3.91. The van der Waals surface area contributed by atoms with E-state index in [0.717, 1.165) is 101 Å². The number of para-hydroxylation sites is 3. The lowest BCUT2D eigenvalue weighted by atomic mass is 10.0. The molecule has 4 aromatic carbocycles. The number of fused-ring (bicyclic) bond motifs is 3. The summed E-state index contributed by atoms with van der Waals surface area (Å²) in [7, 11) is 0. The molecule has 0 bridgehead atoms. The highest BCUT2D eigenvalue weighted by molar-refractivity contribution is 5.90. The van der Waals surface area contributed by atoms with Gasteiger partial charge in [-0.1, -0.05) is 54.6 Å². The van der Waals surface area contributed by atoms with Gasteiger partial charge in [0.2, 0.25) is 0 Å². The number of imidazole rings is 3. The number of hydrogen-bond donors (Lipinski definition) is 0. The van der Waals surface area contributed by atoms with E-state index in [-0.39, 0.29) is 0 Å². The fourth-order valence-corrected chi connectivity index (χ4v) is 7.54. The molecule has 6 heterocycles. The maximum atomic E-state index is 5.29. The van der Waals surface area contributed by atoms with Crippen molar-refractivity contribution in [3.05, 3.63) is 163 Å². The van der Waals surface area contributed by atoms with Gasteiger partial charge in [0.25, 0.3) is 0 Å². The molecule has 10 aromatic rings. The quantitative estimate of drug-likeness (QED) is 0.172. The third-order valence-electron chi connectivity index (χ3n) is 10.1. The molecule has 54 heavy (non-hydrogen) atoms. The van der Waals surface area contributed by atoms with E-state index in [4.69, 9.17) is 15.0 Å². The first kappa shape index (κ1) is 31.5. The first-order chi connectivity index (χ1) is 26.5. The van der Waals surface area contributed by atoms with Gasteiger partial charge in [-0.25, -0.2) is 15.0 Å². The molecule has 0 fully saturated rings. The van der Waals surface area contributed by atoms with Crippen LogP contribution in [0.1, 0.15) is 16.7 Å². The van der Waals surface area contributed by atoms with Crippen molar-refractivity contribution in [3.63, 3.8) is 0 Å². The third kappa shape index (κ3) is 5.01. The fourth-order valence-electron chi connectivity index (χ4n) is 7.54. The van der Waals surface area contributed by atoms with Crippen molar-refractivity contribution in [1.29, 1.82) is 0 Å². The summed E-state index contributed by atoms with van der Waals surface area (Å²) in [5.41, 5.74) is 14.5. The summed E-state index contributed by atoms with van der Waals surface area (Å²) in [6.45, 7) is 6.38. The Balaban J connectivity index is 1.33. The van der Waals surface area contributed by atoms with Gasteiger partial charge in [0.1, 0.15) is 17.5 Å². The van der Waals surface area contributed by atoms with E-state index < -0.39 is 0 Å². The highest BCUT2D eigenvalue weighted by atomic mass is 15.1. The molecule has 9 nitrogen and oxygen atoms in total. The summed E-state index contributed by atoms with van der Waals surface area (Å²) in [6.07, 6.45) is 11.0. The lowest BCUT2D eigenvalue weighted by molar-refractivity contribution is 1.06. The lowest BCUT2D eigenvalue weighted by Gasteiger charge is -2.17. The molecule has 0 amide bonds. The van der Waals surface area contributed by atoms with Crippen molar-refractivity contribution < 1.29 is 0 Å². The zero-order valence-corrected chi connectivity index (χ0v) is 29.9. The van der Waals surface area contributed by atoms with Crippen LogP contribution in [0.25, 0.3) is 84.3 Å². The second-order valence-electron chi connectivity index (χ2n) is 13.6. The van der Waals surface area contributed by atoms with Gasteiger partial charge >= 0.3 is 0 Å². The van der Waals surface area contributed by atoms with Gasteiger partial charge in [-0.15, -0.1) is 0 Å². The van der Waals surface area contributed by atoms with E-state index in [1.165, 1.54) is 0 Å². The van der Waals surface area contributed by atoms with Gasteiger partial charge in [0.05, 0.1) is 68.8 Å². The van der Waals surface area contributed by atoms with Crippen LogP contribution in [0.15, 0.2) is 146 Å². The van der Waals surface area contributed by atoms with Crippen molar-refractivity contribution in [2.45, 2.75) is 20.8 Å². The van der Waals surface area contributed by atoms with Crippen molar-refractivity contribution >= 4 is 33.1 Å². The van der Waals surface area contributed by atoms with Crippen LogP contribution >= 0.6 is 0 Å². The van der Waals surface area contributed by atoms with E-state index in [9.17, 15) is 0 Å². The number of rotatable bonds is 6. The van der Waals surface area contributed by atoms with E-state index in [0.29, 0.717) is 0 Å². The second-order valence-corrected chi connectivity index (χ2v) is 13.6. The minimum Gasteiger partial charge on any atom is -0.291 e. The Bertz CT molecular complexity index is 2720. The summed E-state index contributed by atoms with van der Waals surface area (Å²) in [5.74, 6) is 2.36. The van der Waals surface area contributed by atoms with Gasteiger partial charge in [-0.3, -0.25) is 28.7 Å². The fraction of sp³-hybridized carbons (Fsp3) is 0.0667. The normalized spacial score (nSPS) is 11.6. The number of pyridine rings is 3. The molecular weight excluding hydrogens is 667 g/mol. The number of nitrogens with zero attached hydrogens (tertiary/aromatic N) is 9. The SMILES string of the molecule is Cc1ccccc1-n1c(-c2cc(-c3nc4ccncc4n3-c3ccccc3C)cc(-c3nc4ccncc4n3-c3ccccc3C)c2)nc2ccncc21. The Morgan fingerprint density at radius 3 is 0.963 bits per heavy atom. The summed E-state index contributed by atoms with van der Waals surface area (Å²) in [5, 5.41) is 0. The van der Waals surface area contributed by atoms with Crippen LogP contribution in [0.5, 0.6) is 0 Å². The predicted molar refractivity (Wildman–Crippen MR) is 214 cm³/mol. The first-order valence-corrected chi connectivity index (χ1v) is 17.8. The Hall–Kier alpha value is -7.26. The van der Waals surface area contributed by atoms with Crippen LogP contribution in [0.3, 0.4) is 0 Å². The number of hydrogen-bond acceptors (Lipinski definition) is 6. The molecule has 0 unspecified atom stereocenters. The molecule has 0 spiro atoms. The Morgan fingerprint density at radius 1 is 0.370 bits per heavy atom. The summed E-state index contributed by atoms with van der Waals surface area (Å²) in [4.78, 5) is 29.4. The zero-order valence-electron chi connectivity index (χ0n) is 29.9. The Morgan fingerprint density at radius 2 is 0.667 bits per heavy atom. The van der Waals surface area contributed by atoms with Crippen LogP contribution in [-0.4, -0.2) is 43.6 Å². The molecule has 0 atom stereocenters. The van der Waals surface area contributed by atoms with Gasteiger partial charge in [0.15, 0.2) is 0 Å². The topological polar surface area (TPSA) is 92.1 Å². The van der Waals surface area contributed by atoms with E-state index in [1.807, 2.05) is 36.8 Å². The first-order valence-electron chi connectivity index (χ1n) is 17.8. The van der Waals surface area contributed by atoms with E-state index >= 15 is 0 Å². The van der Waals surface area contributed by atoms with Gasteiger partial charge < -0.3 is 0 Å². The van der Waals surface area contributed by atoms with Gasteiger partial charge in [0, 0.05) is 35.3 Å². The summed E-state index contributed by atoms with van der Waals surface area (Å²) < 4.78 is 6.63. The van der Waals surface area contributed by atoms with Crippen LogP contribution in [0.2, 0.25) is 0 Å². The van der Waals surface area contributed by atoms with Crippen molar-refractivity contribution in [2.24, 2.45) is 0 Å². The molecule has 0 aliphatic rings. The van der Waals surface area contributed by atoms with Crippen molar-refractivity contribution in [3.8, 4) is 51.2 Å². The molecule has 0 aliphatic carbocycles. The van der Waals surface area contributed by atoms with Gasteiger partial charge in [-0.05, 0) is 92.1 Å². The average molecular weight is 700 g/mol. The van der Waals surface area contributed by atoms with Crippen molar-refractivity contribution in [1.82, 2.24) is 43.6 Å². The largest absolute Gasteiger partial charge is 0.291 e. The number of aryl methyl sites for hydroxylation is 3. The molecule has 0 saturated carbocycles. The van der Waals surface area contributed by atoms with Crippen molar-refractivity contribution in [2.75, 3.05) is 0 Å². The maximum Gasteiger partial charge on any atom is 0.145 e. The minimum atomic E-state index is 0.788. The standard InChI is InChI=1S/C45H33N9/c1-28-10-4-7-13-37(28)52-40-25-46-19-16-34(40)49-43(52)31-22-32(44-50-35-17-20-47-26-41(35)53(44)38-14-8-5-11-29(38)2)24-33(23-31)45-51-36-18-21-48-27-42(36)54(45)39-15-9-6-12-30(39)3/h4-27H,1-3H3. The monoisotopic (exact) mass is 699 g/mol. The van der Waals surface area contributed by atoms with Crippen LogP contribution in [-0.2, 0) is 0 Å². The molecule has 0 saturated heterocycles. The van der Waals surface area contributed by atoms with Gasteiger partial charge in [-0.2, -0.15) is 0 Å². The summed E-state index contributed by atoms with van der Waals surface area (Å²) >= 11 is 0. The third-order valence-corrected chi connectivity index (χ3v) is 10.1. The highest BCUT2D eigenvalue weighted by Crippen LogP contribution is 2.39. The van der Waals surface area contributed by atoms with Crippen LogP contribution < -0.4 is 0 Å². The smallest absolute Gasteiger partial charge is 0.145 e. The second kappa shape index (κ2) is 12.5. The van der Waals surface area contributed by atoms with E-state index in [2.05, 4.69) is 140 Å². The Labute approximate surface area is 310 Å². The Kier molecular flexibility index (Phi) is 7.26. The number of benzene rings is 4. The maximum absolute atomic E-state index is 5.29. The zero-order chi connectivity index (χ0) is 36.3. The lowest BCUT2D eigenvalue weighted by Crippen LogP contribution is -2.04. The molecule has 6 aromatic heterocycles. The predicted octanol–water partition coefficient (Wildman–Crippen LogP) is 9.81. The minimum absolute atomic E-state index is 0.788. The summed E-state index contributed by atoms with van der Waals surface area (Å²) in [6, 6.07) is 37.6. The number of aromatic nitrogens is 9. The van der Waals surface area contributed by atoms with E-state index in [1.54, 1.807) is 18.6 Å². The molecule has 9 heteroatoms. The molecule has 10 rings (SSSR count).